The fourth-order valence-electron chi connectivity index (χ4n) is 8.57. The van der Waals surface area contributed by atoms with Crippen molar-refractivity contribution in [3.63, 3.8) is 0 Å². The van der Waals surface area contributed by atoms with Gasteiger partial charge in [0.25, 0.3) is 0 Å². The van der Waals surface area contributed by atoms with Gasteiger partial charge in [-0.25, -0.2) is 0 Å². The Morgan fingerprint density at radius 3 is 1.74 bits per heavy atom. The van der Waals surface area contributed by atoms with E-state index in [1.165, 1.54) is 62.5 Å². The predicted molar refractivity (Wildman–Crippen MR) is 228 cm³/mol. The molecule has 0 aromatic rings. The van der Waals surface area contributed by atoms with E-state index in [0.29, 0.717) is 11.5 Å². The van der Waals surface area contributed by atoms with Crippen LogP contribution >= 0.6 is 0 Å². The van der Waals surface area contributed by atoms with Crippen molar-refractivity contribution in [3.8, 4) is 0 Å². The molecule has 0 aliphatic heterocycles. The minimum absolute atomic E-state index is 0.0346. The molecule has 0 spiro atoms. The first kappa shape index (κ1) is 44.1. The first-order valence-electron chi connectivity index (χ1n) is 20.6. The monoisotopic (exact) mass is 745 g/mol. The Hall–Kier alpha value is -0.249. The summed E-state index contributed by atoms with van der Waals surface area (Å²) >= 11 is 0. The van der Waals surface area contributed by atoms with Crippen molar-refractivity contribution in [2.45, 2.75) is 220 Å². The molecular weight excluding hydrogens is 661 g/mol. The molecule has 0 radical (unpaired) electrons. The molecule has 0 aromatic heterocycles. The second-order valence-corrected chi connectivity index (χ2v) is 36.2. The summed E-state index contributed by atoms with van der Waals surface area (Å²) in [6.07, 6.45) is 17.9. The van der Waals surface area contributed by atoms with E-state index < -0.39 is 25.0 Å². The molecule has 0 aromatic carbocycles. The van der Waals surface area contributed by atoms with Gasteiger partial charge in [0.2, 0.25) is 0 Å². The van der Waals surface area contributed by atoms with E-state index in [9.17, 15) is 0 Å². The quantitative estimate of drug-likeness (QED) is 0.147. The van der Waals surface area contributed by atoms with Crippen LogP contribution in [0.1, 0.15) is 147 Å². The fraction of sp³-hybridized carbons (Fsp3) is 0.864. The van der Waals surface area contributed by atoms with Crippen LogP contribution in [0.2, 0.25) is 54.4 Å². The van der Waals surface area contributed by atoms with Gasteiger partial charge in [0.1, 0.15) is 0 Å². The van der Waals surface area contributed by atoms with Gasteiger partial charge in [-0.3, -0.25) is 0 Å². The fourth-order valence-corrected chi connectivity index (χ4v) is 12.6. The van der Waals surface area contributed by atoms with Crippen LogP contribution < -0.4 is 0 Å². The summed E-state index contributed by atoms with van der Waals surface area (Å²) in [6, 6.07) is 0. The first-order chi connectivity index (χ1) is 22.5. The molecule has 3 aliphatic carbocycles. The molecule has 0 amide bonds. The second kappa shape index (κ2) is 15.8. The zero-order valence-corrected chi connectivity index (χ0v) is 39.6. The van der Waals surface area contributed by atoms with Gasteiger partial charge in [-0.15, -0.1) is 0 Å². The second-order valence-electron chi connectivity index (χ2n) is 22.0. The highest BCUT2D eigenvalue weighted by molar-refractivity contribution is 6.75. The molecule has 3 saturated carbocycles. The zero-order chi connectivity index (χ0) is 38.3. The van der Waals surface area contributed by atoms with Crippen LogP contribution in [-0.4, -0.2) is 43.3 Å². The maximum absolute atomic E-state index is 7.13. The molecule has 50 heavy (non-hydrogen) atoms. The van der Waals surface area contributed by atoms with E-state index in [4.69, 9.17) is 13.3 Å². The van der Waals surface area contributed by atoms with Crippen LogP contribution in [-0.2, 0) is 13.3 Å². The Morgan fingerprint density at radius 2 is 1.26 bits per heavy atom. The molecule has 0 N–H and O–H groups in total. The van der Waals surface area contributed by atoms with E-state index in [1.54, 1.807) is 5.57 Å². The Labute approximate surface area is 315 Å². The molecule has 290 valence electrons. The highest BCUT2D eigenvalue weighted by Gasteiger charge is 2.51. The highest BCUT2D eigenvalue weighted by Crippen LogP contribution is 2.60. The van der Waals surface area contributed by atoms with Gasteiger partial charge >= 0.3 is 0 Å². The van der Waals surface area contributed by atoms with Crippen molar-refractivity contribution >= 4 is 25.0 Å². The van der Waals surface area contributed by atoms with Gasteiger partial charge in [0.05, 0.1) is 12.2 Å². The van der Waals surface area contributed by atoms with E-state index in [-0.39, 0.29) is 27.3 Å². The standard InChI is InChI=1S/C44H84O3Si3/c1-32(22-20-23-33(2)45-48(14,15)41(4,5)6)37-27-28-38-36(24-21-29-44(37,38)13)26-25-35-30-39(46-49(16,17)42(7,8)9)34(3)40(31-35)47-50(18,19)43(10,11)12/h25-26,32-33,37-40H,3,20-24,27-31H2,1-2,4-19H3/b36-26+/t32-,33-,37-,38+,39-,40-,44-/m1/s1. The van der Waals surface area contributed by atoms with Crippen LogP contribution in [0.15, 0.2) is 35.5 Å². The third-order valence-electron chi connectivity index (χ3n) is 15.0. The van der Waals surface area contributed by atoms with Crippen molar-refractivity contribution in [1.82, 2.24) is 0 Å². The predicted octanol–water partition coefficient (Wildman–Crippen LogP) is 14.4. The average molecular weight is 745 g/mol. The van der Waals surface area contributed by atoms with Gasteiger partial charge in [0.15, 0.2) is 25.0 Å². The van der Waals surface area contributed by atoms with Crippen LogP contribution in [0.4, 0.5) is 0 Å². The largest absolute Gasteiger partial charge is 0.414 e. The van der Waals surface area contributed by atoms with Crippen molar-refractivity contribution in [1.29, 1.82) is 0 Å². The van der Waals surface area contributed by atoms with Crippen molar-refractivity contribution in [3.05, 3.63) is 35.5 Å². The summed E-state index contributed by atoms with van der Waals surface area (Å²) in [5.74, 6) is 2.32. The minimum Gasteiger partial charge on any atom is -0.414 e. The molecule has 3 aliphatic rings. The smallest absolute Gasteiger partial charge is 0.192 e. The third kappa shape index (κ3) is 10.3. The Morgan fingerprint density at radius 1 is 0.760 bits per heavy atom. The van der Waals surface area contributed by atoms with E-state index >= 15 is 0 Å². The van der Waals surface area contributed by atoms with Gasteiger partial charge in [-0.05, 0) is 141 Å². The molecular formula is C44H84O3Si3. The lowest BCUT2D eigenvalue weighted by molar-refractivity contribution is 0.0910. The molecule has 0 unspecified atom stereocenters. The van der Waals surface area contributed by atoms with Crippen molar-refractivity contribution < 1.29 is 13.3 Å². The first-order valence-corrected chi connectivity index (χ1v) is 29.4. The van der Waals surface area contributed by atoms with Gasteiger partial charge < -0.3 is 13.3 Å². The van der Waals surface area contributed by atoms with Gasteiger partial charge in [0, 0.05) is 6.10 Å². The van der Waals surface area contributed by atoms with E-state index in [2.05, 4.69) is 141 Å². The lowest BCUT2D eigenvalue weighted by atomic mass is 9.60. The van der Waals surface area contributed by atoms with Gasteiger partial charge in [-0.2, -0.15) is 0 Å². The normalized spacial score (nSPS) is 29.7. The summed E-state index contributed by atoms with van der Waals surface area (Å²) in [4.78, 5) is 0. The third-order valence-corrected chi connectivity index (χ3v) is 28.6. The van der Waals surface area contributed by atoms with E-state index in [1.807, 2.05) is 0 Å². The SMILES string of the molecule is C=C1[C@H](O[Si](C)(C)C(C)(C)C)CC(=C/C=C2\CCC[C@]3(C)[C@@H]([C@H](C)CCC[C@@H](C)O[Si](C)(C)C(C)(C)C)CC[C@@H]23)C[C@H]1O[Si](C)(C)C(C)(C)C. The Bertz CT molecular complexity index is 1180. The maximum Gasteiger partial charge on any atom is 0.192 e. The maximum atomic E-state index is 7.13. The lowest BCUT2D eigenvalue weighted by Gasteiger charge is -2.46. The molecule has 3 rings (SSSR count). The molecule has 0 saturated heterocycles. The van der Waals surface area contributed by atoms with Crippen molar-refractivity contribution in [2.75, 3.05) is 0 Å². The Balaban J connectivity index is 1.77. The number of fused-ring (bicyclic) bond motifs is 1. The molecule has 0 bridgehead atoms. The summed E-state index contributed by atoms with van der Waals surface area (Å²) < 4.78 is 21.0. The summed E-state index contributed by atoms with van der Waals surface area (Å²) in [5, 5.41) is 0.591. The zero-order valence-electron chi connectivity index (χ0n) is 36.6. The number of hydrogen-bond acceptors (Lipinski definition) is 3. The molecule has 3 nitrogen and oxygen atoms in total. The summed E-state index contributed by atoms with van der Waals surface area (Å²) in [7, 11) is -5.66. The van der Waals surface area contributed by atoms with Crippen LogP contribution in [0.25, 0.3) is 0 Å². The average Bonchev–Trinajstić information content (AvgIpc) is 3.29. The number of hydrogen-bond donors (Lipinski definition) is 0. The highest BCUT2D eigenvalue weighted by atomic mass is 28.4. The van der Waals surface area contributed by atoms with Crippen LogP contribution in [0, 0.1) is 23.2 Å². The molecule has 0 heterocycles. The topological polar surface area (TPSA) is 27.7 Å². The van der Waals surface area contributed by atoms with Crippen LogP contribution in [0.3, 0.4) is 0 Å². The summed E-state index contributed by atoms with van der Waals surface area (Å²) in [6.45, 7) is 47.6. The lowest BCUT2D eigenvalue weighted by Crippen LogP contribution is -2.49. The molecule has 6 heteroatoms. The Kier molecular flexibility index (Phi) is 14.0. The van der Waals surface area contributed by atoms with Crippen LogP contribution in [0.5, 0.6) is 0 Å². The van der Waals surface area contributed by atoms with E-state index in [0.717, 1.165) is 30.6 Å². The summed E-state index contributed by atoms with van der Waals surface area (Å²) in [5.41, 5.74) is 4.80. The number of rotatable bonds is 12. The van der Waals surface area contributed by atoms with Gasteiger partial charge in [-0.1, -0.05) is 119 Å². The minimum atomic E-state index is -1.98. The van der Waals surface area contributed by atoms with Crippen molar-refractivity contribution in [2.24, 2.45) is 23.2 Å². The number of allylic oxidation sites excluding steroid dienone is 3. The molecule has 3 fully saturated rings. The molecule has 7 atom stereocenters.